The van der Waals surface area contributed by atoms with Crippen molar-refractivity contribution < 1.29 is 14.7 Å². The van der Waals surface area contributed by atoms with Crippen LogP contribution in [0.4, 0.5) is 5.69 Å². The number of ketones is 1. The highest BCUT2D eigenvalue weighted by atomic mass is 16.4. The van der Waals surface area contributed by atoms with Gasteiger partial charge in [-0.2, -0.15) is 5.10 Å². The SMILES string of the molecule is CC1=NN(c2ccc(C(=O)O)cc2)CC1=O. The first-order valence-corrected chi connectivity index (χ1v) is 4.77. The summed E-state index contributed by atoms with van der Waals surface area (Å²) >= 11 is 0. The van der Waals surface area contributed by atoms with Crippen molar-refractivity contribution in [3.05, 3.63) is 29.8 Å². The number of nitrogens with zero attached hydrogens (tertiary/aromatic N) is 2. The summed E-state index contributed by atoms with van der Waals surface area (Å²) in [6.07, 6.45) is 0. The Hall–Kier alpha value is -2.17. The number of carbonyl (C=O) groups is 2. The molecule has 16 heavy (non-hydrogen) atoms. The molecule has 0 saturated heterocycles. The molecule has 1 heterocycles. The third kappa shape index (κ3) is 1.79. The molecule has 1 aromatic rings. The quantitative estimate of drug-likeness (QED) is 0.808. The van der Waals surface area contributed by atoms with Gasteiger partial charge in [0.1, 0.15) is 12.3 Å². The van der Waals surface area contributed by atoms with Crippen LogP contribution in [0.5, 0.6) is 0 Å². The molecule has 0 amide bonds. The predicted octanol–water partition coefficient (Wildman–Crippen LogP) is 1.15. The highest BCUT2D eigenvalue weighted by Gasteiger charge is 2.21. The van der Waals surface area contributed by atoms with E-state index in [-0.39, 0.29) is 17.9 Å². The van der Waals surface area contributed by atoms with Gasteiger partial charge in [-0.3, -0.25) is 9.80 Å². The van der Waals surface area contributed by atoms with E-state index in [2.05, 4.69) is 5.10 Å². The van der Waals surface area contributed by atoms with Crippen molar-refractivity contribution in [2.24, 2.45) is 5.10 Å². The molecule has 0 spiro atoms. The van der Waals surface area contributed by atoms with Gasteiger partial charge in [-0.25, -0.2) is 4.79 Å². The first-order chi connectivity index (χ1) is 7.58. The van der Waals surface area contributed by atoms with Gasteiger partial charge in [0.2, 0.25) is 0 Å². The van der Waals surface area contributed by atoms with E-state index in [4.69, 9.17) is 5.11 Å². The average Bonchev–Trinajstić information content (AvgIpc) is 2.59. The van der Waals surface area contributed by atoms with E-state index in [1.54, 1.807) is 24.1 Å². The molecule has 0 radical (unpaired) electrons. The van der Waals surface area contributed by atoms with E-state index in [1.807, 2.05) is 0 Å². The lowest BCUT2D eigenvalue weighted by molar-refractivity contribution is -0.111. The summed E-state index contributed by atoms with van der Waals surface area (Å²) in [6.45, 7) is 1.88. The number of hydrogen-bond acceptors (Lipinski definition) is 4. The largest absolute Gasteiger partial charge is 0.478 e. The molecule has 0 atom stereocenters. The van der Waals surface area contributed by atoms with E-state index in [9.17, 15) is 9.59 Å². The Kier molecular flexibility index (Phi) is 2.44. The highest BCUT2D eigenvalue weighted by molar-refractivity contribution is 6.42. The van der Waals surface area contributed by atoms with Gasteiger partial charge in [0.25, 0.3) is 0 Å². The molecule has 0 unspecified atom stereocenters. The second kappa shape index (κ2) is 3.77. The number of aromatic carboxylic acids is 1. The Balaban J connectivity index is 2.24. The molecule has 1 N–H and O–H groups in total. The number of carboxylic acid groups (broad SMARTS) is 1. The first kappa shape index (κ1) is 10.4. The number of hydrazone groups is 1. The van der Waals surface area contributed by atoms with E-state index in [0.29, 0.717) is 5.71 Å². The van der Waals surface area contributed by atoms with Crippen molar-refractivity contribution in [2.45, 2.75) is 6.92 Å². The molecule has 0 aliphatic carbocycles. The minimum Gasteiger partial charge on any atom is -0.478 e. The zero-order valence-corrected chi connectivity index (χ0v) is 8.67. The second-order valence-corrected chi connectivity index (χ2v) is 3.52. The molecule has 0 saturated carbocycles. The number of Topliss-reactive ketones (excluding diaryl/α,β-unsaturated/α-hetero) is 1. The maximum atomic E-state index is 11.3. The molecule has 82 valence electrons. The van der Waals surface area contributed by atoms with Crippen molar-refractivity contribution in [3.8, 4) is 0 Å². The van der Waals surface area contributed by atoms with Crippen LogP contribution in [0.1, 0.15) is 17.3 Å². The van der Waals surface area contributed by atoms with Crippen LogP contribution in [0.25, 0.3) is 0 Å². The lowest BCUT2D eigenvalue weighted by Gasteiger charge is -2.12. The Bertz CT molecular complexity index is 477. The molecule has 1 aliphatic rings. The minimum atomic E-state index is -0.969. The van der Waals surface area contributed by atoms with Crippen molar-refractivity contribution >= 4 is 23.2 Å². The minimum absolute atomic E-state index is 0.0117. The van der Waals surface area contributed by atoms with Gasteiger partial charge >= 0.3 is 5.97 Å². The van der Waals surface area contributed by atoms with Crippen molar-refractivity contribution in [1.29, 1.82) is 0 Å². The summed E-state index contributed by atoms with van der Waals surface area (Å²) in [4.78, 5) is 21.9. The zero-order chi connectivity index (χ0) is 11.7. The van der Waals surface area contributed by atoms with Gasteiger partial charge in [0, 0.05) is 0 Å². The fraction of sp³-hybridized carbons (Fsp3) is 0.182. The average molecular weight is 218 g/mol. The van der Waals surface area contributed by atoms with Gasteiger partial charge in [-0.05, 0) is 31.2 Å². The van der Waals surface area contributed by atoms with Crippen LogP contribution in [0.3, 0.4) is 0 Å². The Morgan fingerprint density at radius 1 is 1.38 bits per heavy atom. The van der Waals surface area contributed by atoms with Crippen LogP contribution in [0, 0.1) is 0 Å². The van der Waals surface area contributed by atoms with Crippen LogP contribution in [0.2, 0.25) is 0 Å². The molecule has 5 nitrogen and oxygen atoms in total. The fourth-order valence-electron chi connectivity index (χ4n) is 1.45. The van der Waals surface area contributed by atoms with E-state index in [1.165, 1.54) is 12.1 Å². The van der Waals surface area contributed by atoms with Gasteiger partial charge in [-0.1, -0.05) is 0 Å². The smallest absolute Gasteiger partial charge is 0.335 e. The predicted molar refractivity (Wildman–Crippen MR) is 58.9 cm³/mol. The van der Waals surface area contributed by atoms with Crippen LogP contribution in [0.15, 0.2) is 29.4 Å². The Morgan fingerprint density at radius 2 is 2.00 bits per heavy atom. The summed E-state index contributed by atoms with van der Waals surface area (Å²) in [6, 6.07) is 6.26. The first-order valence-electron chi connectivity index (χ1n) is 4.77. The van der Waals surface area contributed by atoms with Gasteiger partial charge in [-0.15, -0.1) is 0 Å². The standard InChI is InChI=1S/C11H10N2O3/c1-7-10(14)6-13(12-7)9-4-2-8(3-5-9)11(15)16/h2-5H,6H2,1H3,(H,15,16). The van der Waals surface area contributed by atoms with E-state index >= 15 is 0 Å². The van der Waals surface area contributed by atoms with Crippen molar-refractivity contribution in [3.63, 3.8) is 0 Å². The summed E-state index contributed by atoms with van der Waals surface area (Å²) in [5.74, 6) is -0.981. The lowest BCUT2D eigenvalue weighted by atomic mass is 10.2. The number of rotatable bonds is 2. The number of anilines is 1. The number of carbonyl (C=O) groups excluding carboxylic acids is 1. The molecule has 1 aromatic carbocycles. The van der Waals surface area contributed by atoms with Crippen LogP contribution < -0.4 is 5.01 Å². The number of carboxylic acids is 1. The molecule has 0 aromatic heterocycles. The Labute approximate surface area is 92.0 Å². The summed E-state index contributed by atoms with van der Waals surface area (Å²) in [5.41, 5.74) is 1.41. The fourth-order valence-corrected chi connectivity index (χ4v) is 1.45. The van der Waals surface area contributed by atoms with Crippen LogP contribution >= 0.6 is 0 Å². The molecular weight excluding hydrogens is 208 g/mol. The van der Waals surface area contributed by atoms with Gasteiger partial charge < -0.3 is 5.11 Å². The van der Waals surface area contributed by atoms with Crippen molar-refractivity contribution in [2.75, 3.05) is 11.6 Å². The summed E-state index contributed by atoms with van der Waals surface area (Å²) < 4.78 is 0. The van der Waals surface area contributed by atoms with Gasteiger partial charge in [0.15, 0.2) is 5.78 Å². The summed E-state index contributed by atoms with van der Waals surface area (Å²) in [7, 11) is 0. The maximum Gasteiger partial charge on any atom is 0.335 e. The molecule has 0 bridgehead atoms. The van der Waals surface area contributed by atoms with Crippen molar-refractivity contribution in [1.82, 2.24) is 0 Å². The third-order valence-electron chi connectivity index (χ3n) is 2.38. The van der Waals surface area contributed by atoms with Gasteiger partial charge in [0.05, 0.1) is 11.3 Å². The Morgan fingerprint density at radius 3 is 2.44 bits per heavy atom. The molecule has 0 fully saturated rings. The number of benzene rings is 1. The van der Waals surface area contributed by atoms with Crippen LogP contribution in [-0.2, 0) is 4.79 Å². The molecule has 2 rings (SSSR count). The molecule has 5 heteroatoms. The van der Waals surface area contributed by atoms with Crippen LogP contribution in [-0.4, -0.2) is 29.1 Å². The maximum absolute atomic E-state index is 11.3. The lowest BCUT2D eigenvalue weighted by Crippen LogP contribution is -2.17. The normalized spacial score (nSPS) is 15.2. The summed E-state index contributed by atoms with van der Waals surface area (Å²) in [5, 5.41) is 14.4. The van der Waals surface area contributed by atoms with E-state index in [0.717, 1.165) is 5.69 Å². The van der Waals surface area contributed by atoms with E-state index < -0.39 is 5.97 Å². The third-order valence-corrected chi connectivity index (χ3v) is 2.38. The second-order valence-electron chi connectivity index (χ2n) is 3.52. The topological polar surface area (TPSA) is 70.0 Å². The zero-order valence-electron chi connectivity index (χ0n) is 8.67. The number of hydrogen-bond donors (Lipinski definition) is 1. The highest BCUT2D eigenvalue weighted by Crippen LogP contribution is 2.18. The monoisotopic (exact) mass is 218 g/mol. The molecule has 1 aliphatic heterocycles. The molecular formula is C11H10N2O3.